The standard InChI is InChI=1S/C13H17N3O2/c14-13(16-18)12(10-4-2-1-3-5-10)15-11(17)8-9-6-7-9/h1-5,9,12,18H,6-8H2,(H2,14,16)(H,15,17). The van der Waals surface area contributed by atoms with Gasteiger partial charge >= 0.3 is 0 Å². The molecule has 1 aromatic rings. The number of nitrogens with one attached hydrogen (secondary N) is 1. The number of amides is 1. The smallest absolute Gasteiger partial charge is 0.221 e. The minimum Gasteiger partial charge on any atom is -0.409 e. The summed E-state index contributed by atoms with van der Waals surface area (Å²) in [5.41, 5.74) is 6.43. The molecule has 0 radical (unpaired) electrons. The van der Waals surface area contributed by atoms with Crippen LogP contribution in [0, 0.1) is 5.92 Å². The van der Waals surface area contributed by atoms with Crippen molar-refractivity contribution in [2.24, 2.45) is 16.8 Å². The molecule has 5 nitrogen and oxygen atoms in total. The monoisotopic (exact) mass is 247 g/mol. The average molecular weight is 247 g/mol. The first kappa shape index (κ1) is 12.4. The third-order valence-corrected chi connectivity index (χ3v) is 3.02. The second kappa shape index (κ2) is 5.53. The zero-order chi connectivity index (χ0) is 13.0. The number of carbonyl (C=O) groups is 1. The third-order valence-electron chi connectivity index (χ3n) is 3.02. The van der Waals surface area contributed by atoms with Crippen LogP contribution in [0.4, 0.5) is 0 Å². The number of amidine groups is 1. The van der Waals surface area contributed by atoms with Crippen LogP contribution in [-0.4, -0.2) is 17.0 Å². The van der Waals surface area contributed by atoms with Crippen LogP contribution in [0.5, 0.6) is 0 Å². The Balaban J connectivity index is 2.07. The molecule has 0 saturated heterocycles. The Morgan fingerprint density at radius 1 is 1.44 bits per heavy atom. The van der Waals surface area contributed by atoms with E-state index in [1.165, 1.54) is 0 Å². The molecule has 18 heavy (non-hydrogen) atoms. The van der Waals surface area contributed by atoms with Crippen molar-refractivity contribution >= 4 is 11.7 Å². The summed E-state index contributed by atoms with van der Waals surface area (Å²) in [6.45, 7) is 0. The number of rotatable bonds is 5. The Bertz CT molecular complexity index is 441. The molecule has 1 aliphatic carbocycles. The Morgan fingerprint density at radius 2 is 2.11 bits per heavy atom. The fourth-order valence-corrected chi connectivity index (χ4v) is 1.84. The second-order valence-corrected chi connectivity index (χ2v) is 4.58. The Morgan fingerprint density at radius 3 is 2.67 bits per heavy atom. The summed E-state index contributed by atoms with van der Waals surface area (Å²) in [6.07, 6.45) is 2.75. The zero-order valence-corrected chi connectivity index (χ0v) is 10.0. The topological polar surface area (TPSA) is 87.7 Å². The van der Waals surface area contributed by atoms with E-state index in [0.29, 0.717) is 12.3 Å². The van der Waals surface area contributed by atoms with Gasteiger partial charge in [-0.2, -0.15) is 0 Å². The van der Waals surface area contributed by atoms with Crippen LogP contribution >= 0.6 is 0 Å². The summed E-state index contributed by atoms with van der Waals surface area (Å²) in [5, 5.41) is 14.6. The number of hydrogen-bond donors (Lipinski definition) is 3. The minimum atomic E-state index is -0.567. The van der Waals surface area contributed by atoms with Crippen LogP contribution in [0.2, 0.25) is 0 Å². The molecule has 2 rings (SSSR count). The molecule has 96 valence electrons. The second-order valence-electron chi connectivity index (χ2n) is 4.58. The lowest BCUT2D eigenvalue weighted by Crippen LogP contribution is -2.37. The van der Waals surface area contributed by atoms with Gasteiger partial charge in [0.15, 0.2) is 5.84 Å². The number of hydrogen-bond acceptors (Lipinski definition) is 3. The number of carbonyl (C=O) groups excluding carboxylic acids is 1. The Hall–Kier alpha value is -2.04. The summed E-state index contributed by atoms with van der Waals surface area (Å²) in [7, 11) is 0. The van der Waals surface area contributed by atoms with Crippen molar-refractivity contribution in [1.82, 2.24) is 5.32 Å². The highest BCUT2D eigenvalue weighted by atomic mass is 16.4. The minimum absolute atomic E-state index is 0.00894. The highest BCUT2D eigenvalue weighted by molar-refractivity contribution is 5.91. The molecule has 0 aliphatic heterocycles. The van der Waals surface area contributed by atoms with Crippen molar-refractivity contribution in [2.75, 3.05) is 0 Å². The van der Waals surface area contributed by atoms with Gasteiger partial charge in [0.1, 0.15) is 6.04 Å². The summed E-state index contributed by atoms with van der Waals surface area (Å²) < 4.78 is 0. The third kappa shape index (κ3) is 3.23. The molecule has 1 unspecified atom stereocenters. The van der Waals surface area contributed by atoms with Crippen molar-refractivity contribution in [3.63, 3.8) is 0 Å². The fourth-order valence-electron chi connectivity index (χ4n) is 1.84. The van der Waals surface area contributed by atoms with E-state index in [0.717, 1.165) is 18.4 Å². The van der Waals surface area contributed by atoms with E-state index in [4.69, 9.17) is 10.9 Å². The van der Waals surface area contributed by atoms with Crippen molar-refractivity contribution in [3.8, 4) is 0 Å². The molecular formula is C13H17N3O2. The Labute approximate surface area is 106 Å². The number of nitrogens with two attached hydrogens (primary N) is 1. The molecule has 1 aliphatic rings. The fraction of sp³-hybridized carbons (Fsp3) is 0.385. The molecule has 5 heteroatoms. The van der Waals surface area contributed by atoms with E-state index in [2.05, 4.69) is 10.5 Å². The summed E-state index contributed by atoms with van der Waals surface area (Å²) in [5.74, 6) is 0.442. The van der Waals surface area contributed by atoms with E-state index in [1.807, 2.05) is 30.3 Å². The molecule has 0 heterocycles. The van der Waals surface area contributed by atoms with E-state index in [1.54, 1.807) is 0 Å². The summed E-state index contributed by atoms with van der Waals surface area (Å²) in [6, 6.07) is 8.67. The molecule has 1 aromatic carbocycles. The Kier molecular flexibility index (Phi) is 3.82. The molecule has 0 aromatic heterocycles. The predicted molar refractivity (Wildman–Crippen MR) is 68.1 cm³/mol. The van der Waals surface area contributed by atoms with Crippen molar-refractivity contribution in [2.45, 2.75) is 25.3 Å². The quantitative estimate of drug-likeness (QED) is 0.318. The van der Waals surface area contributed by atoms with Gasteiger partial charge in [0, 0.05) is 6.42 Å². The first-order chi connectivity index (χ1) is 8.70. The predicted octanol–water partition coefficient (Wildman–Crippen LogP) is 1.39. The number of oxime groups is 1. The van der Waals surface area contributed by atoms with Gasteiger partial charge < -0.3 is 16.3 Å². The van der Waals surface area contributed by atoms with Crippen LogP contribution in [0.3, 0.4) is 0 Å². The lowest BCUT2D eigenvalue weighted by molar-refractivity contribution is -0.121. The SMILES string of the molecule is NC(=NO)C(NC(=O)CC1CC1)c1ccccc1. The number of nitrogens with zero attached hydrogens (tertiary/aromatic N) is 1. The normalized spacial score (nSPS) is 17.2. The van der Waals surface area contributed by atoms with Crippen molar-refractivity contribution in [1.29, 1.82) is 0 Å². The molecular weight excluding hydrogens is 230 g/mol. The summed E-state index contributed by atoms with van der Waals surface area (Å²) >= 11 is 0. The highest BCUT2D eigenvalue weighted by Gasteiger charge is 2.26. The molecule has 4 N–H and O–H groups in total. The van der Waals surface area contributed by atoms with Gasteiger partial charge in [-0.05, 0) is 24.3 Å². The molecule has 0 bridgehead atoms. The number of benzene rings is 1. The lowest BCUT2D eigenvalue weighted by atomic mass is 10.1. The maximum absolute atomic E-state index is 11.8. The molecule has 1 atom stereocenters. The molecule has 1 fully saturated rings. The van der Waals surface area contributed by atoms with Crippen molar-refractivity contribution in [3.05, 3.63) is 35.9 Å². The molecule has 1 saturated carbocycles. The molecule has 1 amide bonds. The zero-order valence-electron chi connectivity index (χ0n) is 10.0. The van der Waals surface area contributed by atoms with Crippen LogP contribution in [-0.2, 0) is 4.79 Å². The van der Waals surface area contributed by atoms with Crippen LogP contribution in [0.15, 0.2) is 35.5 Å². The van der Waals surface area contributed by atoms with Crippen LogP contribution in [0.1, 0.15) is 30.9 Å². The van der Waals surface area contributed by atoms with Crippen molar-refractivity contribution < 1.29 is 10.0 Å². The van der Waals surface area contributed by atoms with E-state index < -0.39 is 6.04 Å². The average Bonchev–Trinajstić information content (AvgIpc) is 3.20. The maximum Gasteiger partial charge on any atom is 0.221 e. The maximum atomic E-state index is 11.8. The van der Waals surface area contributed by atoms with E-state index in [-0.39, 0.29) is 11.7 Å². The van der Waals surface area contributed by atoms with Gasteiger partial charge in [0.05, 0.1) is 0 Å². The van der Waals surface area contributed by atoms with Crippen LogP contribution in [0.25, 0.3) is 0 Å². The summed E-state index contributed by atoms with van der Waals surface area (Å²) in [4.78, 5) is 11.8. The van der Waals surface area contributed by atoms with Gasteiger partial charge in [-0.1, -0.05) is 35.5 Å². The van der Waals surface area contributed by atoms with E-state index in [9.17, 15) is 4.79 Å². The first-order valence-electron chi connectivity index (χ1n) is 6.02. The van der Waals surface area contributed by atoms with Gasteiger partial charge in [-0.3, -0.25) is 4.79 Å². The van der Waals surface area contributed by atoms with E-state index >= 15 is 0 Å². The van der Waals surface area contributed by atoms with Crippen LogP contribution < -0.4 is 11.1 Å². The largest absolute Gasteiger partial charge is 0.409 e. The van der Waals surface area contributed by atoms with Gasteiger partial charge in [-0.15, -0.1) is 0 Å². The first-order valence-corrected chi connectivity index (χ1v) is 6.02. The lowest BCUT2D eigenvalue weighted by Gasteiger charge is -2.17. The van der Waals surface area contributed by atoms with Gasteiger partial charge in [0.25, 0.3) is 0 Å². The highest BCUT2D eigenvalue weighted by Crippen LogP contribution is 2.32. The van der Waals surface area contributed by atoms with Gasteiger partial charge in [0.2, 0.25) is 5.91 Å². The molecule has 0 spiro atoms. The van der Waals surface area contributed by atoms with Gasteiger partial charge in [-0.25, -0.2) is 0 Å².